The van der Waals surface area contributed by atoms with Crippen LogP contribution in [0, 0.1) is 12.3 Å². The number of hydrogen-bond donors (Lipinski definition) is 1. The van der Waals surface area contributed by atoms with Crippen LogP contribution < -0.4 is 5.32 Å². The van der Waals surface area contributed by atoms with Gasteiger partial charge in [-0.3, -0.25) is 0 Å². The molecule has 1 fully saturated rings. The molecular weight excluding hydrogens is 74.1 g/mol. The zero-order valence-electron chi connectivity index (χ0n) is 3.39. The normalized spacial score (nSPS) is 48.0. The van der Waals surface area contributed by atoms with Gasteiger partial charge in [0.1, 0.15) is 0 Å². The average molecular weight is 80.1 g/mol. The molecule has 2 aliphatic rings. The summed E-state index contributed by atoms with van der Waals surface area (Å²) in [6, 6.07) is 0.727. The maximum absolute atomic E-state index is 3.16. The van der Waals surface area contributed by atoms with Crippen molar-refractivity contribution >= 4 is 0 Å². The first-order valence-corrected chi connectivity index (χ1v) is 2.24. The number of hydrogen-bond acceptors (Lipinski definition) is 1. The molecule has 0 bridgehead atoms. The summed E-state index contributed by atoms with van der Waals surface area (Å²) < 4.78 is 0. The standard InChI is InChI=1S/C5H6N/c1-2-6-5-3-4(1)5/h1-6H/q-1. The van der Waals surface area contributed by atoms with Crippen LogP contribution in [0.5, 0.6) is 0 Å². The number of nitrogens with one attached hydrogen (secondary N) is 1. The first kappa shape index (κ1) is 2.67. The second-order valence-corrected chi connectivity index (χ2v) is 1.82. The van der Waals surface area contributed by atoms with E-state index < -0.39 is 0 Å². The van der Waals surface area contributed by atoms with E-state index in [1.54, 1.807) is 0 Å². The predicted molar refractivity (Wildman–Crippen MR) is 23.9 cm³/mol. The lowest BCUT2D eigenvalue weighted by molar-refractivity contribution is 0.883. The van der Waals surface area contributed by atoms with Crippen molar-refractivity contribution in [2.75, 3.05) is 0 Å². The molecule has 32 valence electrons. The topological polar surface area (TPSA) is 12.0 Å². The third kappa shape index (κ3) is 0.171. The summed E-state index contributed by atoms with van der Waals surface area (Å²) in [7, 11) is 0. The van der Waals surface area contributed by atoms with Crippen LogP contribution in [-0.2, 0) is 0 Å². The van der Waals surface area contributed by atoms with E-state index in [2.05, 4.69) is 17.8 Å². The van der Waals surface area contributed by atoms with Crippen LogP contribution in [0.2, 0.25) is 0 Å². The van der Waals surface area contributed by atoms with Gasteiger partial charge in [0.15, 0.2) is 0 Å². The molecular formula is C5H6N-. The Hall–Kier alpha value is -0.460. The summed E-state index contributed by atoms with van der Waals surface area (Å²) in [5.41, 5.74) is 0. The molecule has 0 amide bonds. The Morgan fingerprint density at radius 2 is 2.67 bits per heavy atom. The first-order valence-electron chi connectivity index (χ1n) is 2.24. The lowest BCUT2D eigenvalue weighted by Crippen LogP contribution is -2.02. The predicted octanol–water partition coefficient (Wildman–Crippen LogP) is 0.306. The minimum Gasteiger partial charge on any atom is -0.420 e. The van der Waals surface area contributed by atoms with Crippen LogP contribution in [0.1, 0.15) is 0 Å². The van der Waals surface area contributed by atoms with Crippen LogP contribution in [0.25, 0.3) is 0 Å². The molecule has 1 heteroatoms. The Morgan fingerprint density at radius 3 is 2.83 bits per heavy atom. The van der Waals surface area contributed by atoms with E-state index in [1.807, 2.05) is 6.20 Å². The summed E-state index contributed by atoms with van der Waals surface area (Å²) in [5.74, 6) is 0.796. The lowest BCUT2D eigenvalue weighted by atomic mass is 10.4. The smallest absolute Gasteiger partial charge is 0.0123 e. The molecule has 1 N–H and O–H groups in total. The van der Waals surface area contributed by atoms with E-state index in [-0.39, 0.29) is 0 Å². The molecule has 1 nitrogen and oxygen atoms in total. The maximum atomic E-state index is 3.16. The first-order chi connectivity index (χ1) is 2.97. The Balaban J connectivity index is 2.26. The fourth-order valence-corrected chi connectivity index (χ4v) is 0.804. The summed E-state index contributed by atoms with van der Waals surface area (Å²) in [6.45, 7) is 0. The zero-order chi connectivity index (χ0) is 3.98. The van der Waals surface area contributed by atoms with Crippen LogP contribution in [0.3, 0.4) is 0 Å². The van der Waals surface area contributed by atoms with Crippen LogP contribution in [0.4, 0.5) is 0 Å². The van der Waals surface area contributed by atoms with E-state index in [9.17, 15) is 0 Å². The van der Waals surface area contributed by atoms with Crippen molar-refractivity contribution in [3.8, 4) is 0 Å². The molecule has 2 rings (SSSR count). The van der Waals surface area contributed by atoms with E-state index in [0.717, 1.165) is 12.0 Å². The average Bonchev–Trinajstić information content (AvgIpc) is 2.17. The molecule has 2 unspecified atom stereocenters. The van der Waals surface area contributed by atoms with Gasteiger partial charge in [0, 0.05) is 0 Å². The van der Waals surface area contributed by atoms with Crippen molar-refractivity contribution in [3.63, 3.8) is 0 Å². The molecule has 1 saturated carbocycles. The van der Waals surface area contributed by atoms with Crippen molar-refractivity contribution in [2.24, 2.45) is 5.92 Å². The quantitative estimate of drug-likeness (QED) is 0.413. The third-order valence-electron chi connectivity index (χ3n) is 1.31. The van der Waals surface area contributed by atoms with Gasteiger partial charge in [0.05, 0.1) is 0 Å². The summed E-state index contributed by atoms with van der Waals surface area (Å²) in [6.07, 6.45) is 6.49. The van der Waals surface area contributed by atoms with Gasteiger partial charge in [-0.05, 0) is 6.20 Å². The summed E-state index contributed by atoms with van der Waals surface area (Å²) >= 11 is 0. The molecule has 1 aliphatic heterocycles. The molecule has 6 heavy (non-hydrogen) atoms. The van der Waals surface area contributed by atoms with Crippen molar-refractivity contribution in [3.05, 3.63) is 18.7 Å². The summed E-state index contributed by atoms with van der Waals surface area (Å²) in [4.78, 5) is 0. The van der Waals surface area contributed by atoms with E-state index >= 15 is 0 Å². The molecule has 0 saturated heterocycles. The minimum atomic E-state index is 0.727. The van der Waals surface area contributed by atoms with Gasteiger partial charge in [-0.1, -0.05) is 6.08 Å². The molecule has 1 heterocycles. The molecule has 0 radical (unpaired) electrons. The van der Waals surface area contributed by atoms with Crippen molar-refractivity contribution < 1.29 is 0 Å². The van der Waals surface area contributed by atoms with Crippen LogP contribution in [-0.4, -0.2) is 6.04 Å². The molecule has 0 aromatic heterocycles. The highest BCUT2D eigenvalue weighted by atomic mass is 15.0. The Bertz CT molecular complexity index is 96.1. The monoisotopic (exact) mass is 80.1 g/mol. The van der Waals surface area contributed by atoms with E-state index in [1.165, 1.54) is 0 Å². The van der Waals surface area contributed by atoms with Gasteiger partial charge in [-0.15, -0.1) is 6.04 Å². The minimum absolute atomic E-state index is 0.727. The highest BCUT2D eigenvalue weighted by Gasteiger charge is 2.21. The summed E-state index contributed by atoms with van der Waals surface area (Å²) in [5, 5.41) is 3.16. The van der Waals surface area contributed by atoms with Gasteiger partial charge in [-0.2, -0.15) is 5.92 Å². The third-order valence-corrected chi connectivity index (χ3v) is 1.31. The van der Waals surface area contributed by atoms with E-state index in [4.69, 9.17) is 0 Å². The second kappa shape index (κ2) is 0.625. The van der Waals surface area contributed by atoms with Gasteiger partial charge < -0.3 is 11.7 Å². The molecule has 0 spiro atoms. The van der Waals surface area contributed by atoms with Gasteiger partial charge in [-0.25, -0.2) is 0 Å². The zero-order valence-corrected chi connectivity index (χ0v) is 3.39. The van der Waals surface area contributed by atoms with Gasteiger partial charge in [0.2, 0.25) is 0 Å². The highest BCUT2D eigenvalue weighted by molar-refractivity contribution is 5.26. The van der Waals surface area contributed by atoms with Gasteiger partial charge >= 0.3 is 0 Å². The Kier molecular flexibility index (Phi) is 0.278. The molecule has 1 aliphatic carbocycles. The molecule has 0 aromatic rings. The largest absolute Gasteiger partial charge is 0.420 e. The number of fused-ring (bicyclic) bond motifs is 1. The Morgan fingerprint density at radius 1 is 1.67 bits per heavy atom. The van der Waals surface area contributed by atoms with Crippen LogP contribution >= 0.6 is 0 Å². The van der Waals surface area contributed by atoms with Crippen LogP contribution in [0.15, 0.2) is 12.3 Å². The second-order valence-electron chi connectivity index (χ2n) is 1.82. The SMILES string of the molecule is C1=CC2[CH-]C2N1. The fourth-order valence-electron chi connectivity index (χ4n) is 0.804. The van der Waals surface area contributed by atoms with E-state index in [0.29, 0.717) is 0 Å². The van der Waals surface area contributed by atoms with Crippen molar-refractivity contribution in [1.82, 2.24) is 5.32 Å². The van der Waals surface area contributed by atoms with Crippen molar-refractivity contribution in [2.45, 2.75) is 6.04 Å². The Labute approximate surface area is 37.0 Å². The highest BCUT2D eigenvalue weighted by Crippen LogP contribution is 2.33. The number of rotatable bonds is 0. The fraction of sp³-hybridized carbons (Fsp3) is 0.400. The maximum Gasteiger partial charge on any atom is -0.0123 e. The van der Waals surface area contributed by atoms with Gasteiger partial charge in [0.25, 0.3) is 0 Å². The molecule has 0 aromatic carbocycles. The lowest BCUT2D eigenvalue weighted by Gasteiger charge is -1.91. The van der Waals surface area contributed by atoms with Crippen molar-refractivity contribution in [1.29, 1.82) is 0 Å². The molecule has 2 atom stereocenters.